The van der Waals surface area contributed by atoms with E-state index >= 15 is 0 Å². The van der Waals surface area contributed by atoms with Crippen LogP contribution in [0.15, 0.2) is 34.8 Å². The highest BCUT2D eigenvalue weighted by Gasteiger charge is 2.71. The van der Waals surface area contributed by atoms with Gasteiger partial charge in [0.05, 0.1) is 23.1 Å². The minimum atomic E-state index is -4.61. The van der Waals surface area contributed by atoms with Crippen molar-refractivity contribution < 1.29 is 32.2 Å². The molecule has 0 aromatic heterocycles. The molecule has 3 aliphatic rings. The number of alkyl halides is 3. The second kappa shape index (κ2) is 6.92. The molecule has 2 bridgehead atoms. The highest BCUT2D eigenvalue weighted by atomic mass is 79.9. The van der Waals surface area contributed by atoms with Gasteiger partial charge in [0.15, 0.2) is 5.79 Å². The highest BCUT2D eigenvalue weighted by Crippen LogP contribution is 2.60. The van der Waals surface area contributed by atoms with Crippen LogP contribution in [0.5, 0.6) is 0 Å². The summed E-state index contributed by atoms with van der Waals surface area (Å²) >= 11 is 2.88. The fourth-order valence-corrected chi connectivity index (χ4v) is 5.41. The van der Waals surface area contributed by atoms with Crippen molar-refractivity contribution >= 4 is 33.4 Å². The first-order valence-electron chi connectivity index (χ1n) is 9.38. The van der Waals surface area contributed by atoms with Gasteiger partial charge in [0.25, 0.3) is 0 Å². The number of hydrogen-bond donors (Lipinski definition) is 0. The van der Waals surface area contributed by atoms with Crippen molar-refractivity contribution in [1.82, 2.24) is 0 Å². The average Bonchev–Trinajstić information content (AvgIpc) is 3.21. The van der Waals surface area contributed by atoms with Crippen LogP contribution in [0.2, 0.25) is 0 Å². The summed E-state index contributed by atoms with van der Waals surface area (Å²) in [5.74, 6) is -4.46. The van der Waals surface area contributed by atoms with E-state index in [-0.39, 0.29) is 10.2 Å². The molecule has 0 spiro atoms. The minimum absolute atomic E-state index is 0.0808. The predicted molar refractivity (Wildman–Crippen MR) is 101 cm³/mol. The maximum atomic E-state index is 13.3. The summed E-state index contributed by atoms with van der Waals surface area (Å²) in [5.41, 5.74) is -1.02. The number of halogens is 4. The third-order valence-corrected chi connectivity index (χ3v) is 6.57. The van der Waals surface area contributed by atoms with E-state index in [1.807, 2.05) is 26.0 Å². The molecular weight excluding hydrogens is 455 g/mol. The van der Waals surface area contributed by atoms with E-state index in [4.69, 9.17) is 9.47 Å². The molecule has 5 nitrogen and oxygen atoms in total. The summed E-state index contributed by atoms with van der Waals surface area (Å²) < 4.78 is 51.5. The van der Waals surface area contributed by atoms with E-state index in [0.717, 1.165) is 11.0 Å². The number of ether oxygens (including phenoxy) is 2. The third-order valence-electron chi connectivity index (χ3n) is 5.88. The highest BCUT2D eigenvalue weighted by molar-refractivity contribution is 9.10. The molecule has 1 heterocycles. The molecule has 0 radical (unpaired) electrons. The second-order valence-corrected chi connectivity index (χ2v) is 8.10. The van der Waals surface area contributed by atoms with Crippen molar-refractivity contribution in [3.8, 4) is 0 Å². The van der Waals surface area contributed by atoms with Crippen molar-refractivity contribution in [3.05, 3.63) is 40.4 Å². The maximum absolute atomic E-state index is 13.3. The largest absolute Gasteiger partial charge is 0.417 e. The first kappa shape index (κ1) is 20.6. The molecule has 1 saturated heterocycles. The van der Waals surface area contributed by atoms with E-state index in [1.54, 1.807) is 0 Å². The standard InChI is InChI=1S/C20H19BrF3NO4/c1-3-28-19(29-4-2)11-6-7-12(19)16-15(11)17(26)25(18(16)27)10-5-8-14(21)13(9-10)20(22,23)24/h5-9,11-12,15-16H,3-4H2,1-2H3/t11?,12?,15-,16+. The van der Waals surface area contributed by atoms with Gasteiger partial charge in [0, 0.05) is 29.5 Å². The van der Waals surface area contributed by atoms with Crippen LogP contribution in [0, 0.1) is 23.7 Å². The summed E-state index contributed by atoms with van der Waals surface area (Å²) in [7, 11) is 0. The van der Waals surface area contributed by atoms with E-state index in [2.05, 4.69) is 15.9 Å². The van der Waals surface area contributed by atoms with Crippen molar-refractivity contribution in [2.75, 3.05) is 18.1 Å². The molecule has 2 fully saturated rings. The van der Waals surface area contributed by atoms with Gasteiger partial charge in [-0.3, -0.25) is 9.59 Å². The van der Waals surface area contributed by atoms with Crippen LogP contribution >= 0.6 is 15.9 Å². The van der Waals surface area contributed by atoms with Crippen LogP contribution in [0.4, 0.5) is 18.9 Å². The van der Waals surface area contributed by atoms with Gasteiger partial charge in [-0.15, -0.1) is 0 Å². The molecule has 1 saturated carbocycles. The van der Waals surface area contributed by atoms with Gasteiger partial charge in [-0.25, -0.2) is 4.90 Å². The molecule has 2 amide bonds. The Bertz CT molecular complexity index is 860. The molecule has 29 heavy (non-hydrogen) atoms. The number of benzene rings is 1. The van der Waals surface area contributed by atoms with E-state index in [0.29, 0.717) is 13.2 Å². The fourth-order valence-electron chi connectivity index (χ4n) is 4.94. The lowest BCUT2D eigenvalue weighted by Gasteiger charge is -2.36. The Labute approximate surface area is 174 Å². The maximum Gasteiger partial charge on any atom is 0.417 e. The molecule has 1 aromatic rings. The molecular formula is C20H19BrF3NO4. The number of amides is 2. The summed E-state index contributed by atoms with van der Waals surface area (Å²) in [6.07, 6.45) is -0.959. The fraction of sp³-hybridized carbons (Fsp3) is 0.500. The number of carbonyl (C=O) groups is 2. The molecule has 4 atom stereocenters. The first-order valence-corrected chi connectivity index (χ1v) is 10.2. The monoisotopic (exact) mass is 473 g/mol. The Morgan fingerprint density at radius 1 is 1.03 bits per heavy atom. The van der Waals surface area contributed by atoms with Crippen LogP contribution in [0.3, 0.4) is 0 Å². The molecule has 9 heteroatoms. The Morgan fingerprint density at radius 2 is 1.55 bits per heavy atom. The SMILES string of the molecule is CCOC1(OCC)C2C=CC1[C@@H]1C(=O)N(c3ccc(Br)c(C(F)(F)F)c3)C(=O)[C@H]21. The summed E-state index contributed by atoms with van der Waals surface area (Å²) in [6, 6.07) is 3.36. The lowest BCUT2D eigenvalue weighted by molar-refractivity contribution is -0.258. The van der Waals surface area contributed by atoms with Gasteiger partial charge < -0.3 is 9.47 Å². The number of imide groups is 1. The number of hydrogen-bond acceptors (Lipinski definition) is 4. The second-order valence-electron chi connectivity index (χ2n) is 7.25. The normalized spacial score (nSPS) is 29.8. The van der Waals surface area contributed by atoms with E-state index < -0.39 is 53.0 Å². The Hall–Kier alpha value is -1.71. The van der Waals surface area contributed by atoms with E-state index in [9.17, 15) is 22.8 Å². The zero-order chi connectivity index (χ0) is 21.1. The number of carbonyl (C=O) groups excluding carboxylic acids is 2. The Balaban J connectivity index is 1.73. The third kappa shape index (κ3) is 2.81. The number of anilines is 1. The summed E-state index contributed by atoms with van der Waals surface area (Å²) in [5, 5.41) is 0. The van der Waals surface area contributed by atoms with Gasteiger partial charge in [0.1, 0.15) is 0 Å². The molecule has 4 rings (SSSR count). The van der Waals surface area contributed by atoms with Gasteiger partial charge in [-0.05, 0) is 32.0 Å². The molecule has 156 valence electrons. The predicted octanol–water partition coefficient (Wildman–Crippen LogP) is 4.16. The Kier molecular flexibility index (Phi) is 4.91. The quantitative estimate of drug-likeness (QED) is 0.366. The van der Waals surface area contributed by atoms with Gasteiger partial charge in [-0.1, -0.05) is 28.1 Å². The zero-order valence-corrected chi connectivity index (χ0v) is 17.3. The first-order chi connectivity index (χ1) is 13.7. The topological polar surface area (TPSA) is 55.8 Å². The van der Waals surface area contributed by atoms with Crippen molar-refractivity contribution in [3.63, 3.8) is 0 Å². The van der Waals surface area contributed by atoms with Crippen molar-refractivity contribution in [2.45, 2.75) is 25.8 Å². The molecule has 1 aliphatic heterocycles. The van der Waals surface area contributed by atoms with Crippen molar-refractivity contribution in [2.24, 2.45) is 23.7 Å². The lowest BCUT2D eigenvalue weighted by Crippen LogP contribution is -2.46. The molecule has 2 unspecified atom stereocenters. The average molecular weight is 474 g/mol. The zero-order valence-electron chi connectivity index (χ0n) is 15.7. The van der Waals surface area contributed by atoms with Crippen molar-refractivity contribution in [1.29, 1.82) is 0 Å². The van der Waals surface area contributed by atoms with Crippen LogP contribution in [0.25, 0.3) is 0 Å². The van der Waals surface area contributed by atoms with Gasteiger partial charge in [0.2, 0.25) is 11.8 Å². The van der Waals surface area contributed by atoms with Crippen LogP contribution in [-0.2, 0) is 25.2 Å². The molecule has 1 aromatic carbocycles. The summed E-state index contributed by atoms with van der Waals surface area (Å²) in [4.78, 5) is 27.3. The smallest absolute Gasteiger partial charge is 0.349 e. The van der Waals surface area contributed by atoms with E-state index in [1.165, 1.54) is 12.1 Å². The number of fused-ring (bicyclic) bond motifs is 5. The van der Waals surface area contributed by atoms with Crippen LogP contribution in [0.1, 0.15) is 19.4 Å². The molecule has 0 N–H and O–H groups in total. The van der Waals surface area contributed by atoms with Crippen LogP contribution < -0.4 is 4.90 Å². The van der Waals surface area contributed by atoms with Crippen LogP contribution in [-0.4, -0.2) is 30.8 Å². The lowest BCUT2D eigenvalue weighted by atomic mass is 9.85. The minimum Gasteiger partial charge on any atom is -0.349 e. The Morgan fingerprint density at radius 3 is 2.00 bits per heavy atom. The van der Waals surface area contributed by atoms with Gasteiger partial charge >= 0.3 is 6.18 Å². The number of rotatable bonds is 5. The summed E-state index contributed by atoms with van der Waals surface area (Å²) in [6.45, 7) is 4.32. The van der Waals surface area contributed by atoms with Gasteiger partial charge in [-0.2, -0.15) is 13.2 Å². The number of nitrogens with zero attached hydrogens (tertiary/aromatic N) is 1. The molecule has 2 aliphatic carbocycles.